The van der Waals surface area contributed by atoms with Crippen LogP contribution < -0.4 is 9.64 Å². The van der Waals surface area contributed by atoms with Crippen molar-refractivity contribution in [1.29, 1.82) is 0 Å². The van der Waals surface area contributed by atoms with E-state index in [1.165, 1.54) is 0 Å². The minimum Gasteiger partial charge on any atom is -0.492 e. The topological polar surface area (TPSA) is 88.4 Å². The maximum absolute atomic E-state index is 13.9. The fraction of sp³-hybridized carbons (Fsp3) is 0.519. The van der Waals surface area contributed by atoms with Gasteiger partial charge in [-0.15, -0.1) is 0 Å². The maximum atomic E-state index is 13.9. The number of benzene rings is 2. The van der Waals surface area contributed by atoms with Crippen molar-refractivity contribution in [1.82, 2.24) is 9.80 Å². The van der Waals surface area contributed by atoms with E-state index in [0.717, 1.165) is 43.2 Å². The minimum atomic E-state index is -0.362. The van der Waals surface area contributed by atoms with Crippen LogP contribution in [0.25, 0.3) is 0 Å². The van der Waals surface area contributed by atoms with E-state index < -0.39 is 0 Å². The number of anilines is 1. The third-order valence-electron chi connectivity index (χ3n) is 7.46. The zero-order valence-corrected chi connectivity index (χ0v) is 20.9. The van der Waals surface area contributed by atoms with Crippen LogP contribution in [0.15, 0.2) is 48.5 Å². The predicted octanol–water partition coefficient (Wildman–Crippen LogP) is 2.97. The lowest BCUT2D eigenvalue weighted by molar-refractivity contribution is -0.384. The summed E-state index contributed by atoms with van der Waals surface area (Å²) in [5.41, 5.74) is 1.97. The number of hydrogen-bond donors (Lipinski definition) is 0. The molecular weight excluding hydrogens is 460 g/mol. The predicted molar refractivity (Wildman–Crippen MR) is 136 cm³/mol. The molecule has 36 heavy (non-hydrogen) atoms. The number of nitro groups is 1. The Morgan fingerprint density at radius 2 is 1.83 bits per heavy atom. The van der Waals surface area contributed by atoms with Gasteiger partial charge in [0.25, 0.3) is 5.69 Å². The number of ether oxygens (including phenoxy) is 2. The Morgan fingerprint density at radius 1 is 1.08 bits per heavy atom. The first kappa shape index (κ1) is 24.5. The smallest absolute Gasteiger partial charge is 0.269 e. The fourth-order valence-electron chi connectivity index (χ4n) is 5.87. The number of amides is 1. The number of hydrogen-bond acceptors (Lipinski definition) is 7. The van der Waals surface area contributed by atoms with Crippen LogP contribution in [0, 0.1) is 16.0 Å². The molecule has 192 valence electrons. The van der Waals surface area contributed by atoms with Crippen molar-refractivity contribution in [3.63, 3.8) is 0 Å². The third kappa shape index (κ3) is 5.17. The zero-order valence-electron chi connectivity index (χ0n) is 20.9. The Kier molecular flexibility index (Phi) is 7.11. The molecule has 2 aromatic carbocycles. The van der Waals surface area contributed by atoms with Crippen LogP contribution in [0.4, 0.5) is 11.4 Å². The van der Waals surface area contributed by atoms with E-state index in [2.05, 4.69) is 9.80 Å². The second-order valence-corrected chi connectivity index (χ2v) is 10.1. The highest BCUT2D eigenvalue weighted by atomic mass is 16.6. The molecule has 9 nitrogen and oxygen atoms in total. The first-order valence-corrected chi connectivity index (χ1v) is 12.8. The number of piperazine rings is 1. The summed E-state index contributed by atoms with van der Waals surface area (Å²) in [5.74, 6) is 0.703. The van der Waals surface area contributed by atoms with Gasteiger partial charge in [-0.2, -0.15) is 0 Å². The van der Waals surface area contributed by atoms with Gasteiger partial charge in [0, 0.05) is 57.1 Å². The van der Waals surface area contributed by atoms with E-state index >= 15 is 0 Å². The van der Waals surface area contributed by atoms with Crippen LogP contribution in [0.2, 0.25) is 0 Å². The first-order valence-electron chi connectivity index (χ1n) is 12.8. The minimum absolute atomic E-state index is 0.00499. The number of carbonyl (C=O) groups is 1. The van der Waals surface area contributed by atoms with Crippen molar-refractivity contribution in [3.05, 3.63) is 64.2 Å². The van der Waals surface area contributed by atoms with Crippen LogP contribution in [0.1, 0.15) is 19.4 Å². The molecule has 0 aliphatic carbocycles. The lowest BCUT2D eigenvalue weighted by atomic mass is 9.82. The van der Waals surface area contributed by atoms with E-state index in [1.54, 1.807) is 12.1 Å². The summed E-state index contributed by atoms with van der Waals surface area (Å²) >= 11 is 0. The number of nitrogens with zero attached hydrogens (tertiary/aromatic N) is 4. The summed E-state index contributed by atoms with van der Waals surface area (Å²) in [4.78, 5) is 31.6. The molecule has 0 spiro atoms. The molecule has 2 saturated heterocycles. The lowest BCUT2D eigenvalue weighted by Crippen LogP contribution is -2.62. The molecule has 0 radical (unpaired) electrons. The lowest BCUT2D eigenvalue weighted by Gasteiger charge is -2.50. The highest BCUT2D eigenvalue weighted by Gasteiger charge is 2.44. The van der Waals surface area contributed by atoms with Crippen LogP contribution in [0.5, 0.6) is 5.75 Å². The van der Waals surface area contributed by atoms with Crippen molar-refractivity contribution in [3.8, 4) is 5.75 Å². The van der Waals surface area contributed by atoms with Gasteiger partial charge in [-0.05, 0) is 44.0 Å². The van der Waals surface area contributed by atoms with Crippen molar-refractivity contribution in [2.75, 3.05) is 50.8 Å². The van der Waals surface area contributed by atoms with Crippen molar-refractivity contribution < 1.29 is 19.2 Å². The molecule has 2 fully saturated rings. The van der Waals surface area contributed by atoms with Crippen LogP contribution >= 0.6 is 0 Å². The standard InChI is InChI=1S/C27H34N4O5/c1-19-16-29(17-20(2)36-19)27(32)24-15-21-14-22(31(33)34)8-9-25(21)30-11-10-28(18-26(24)30)12-13-35-23-6-4-3-5-7-23/h3-9,14,19-20,24,26H,10-13,15-18H2,1-2H3/t19-,20+,24-,26+/m1/s1. The Hall–Kier alpha value is -3.17. The Morgan fingerprint density at radius 3 is 2.56 bits per heavy atom. The van der Waals surface area contributed by atoms with Crippen LogP contribution in [-0.4, -0.2) is 84.8 Å². The van der Waals surface area contributed by atoms with E-state index in [1.807, 2.05) is 55.1 Å². The monoisotopic (exact) mass is 494 g/mol. The second kappa shape index (κ2) is 10.4. The molecule has 3 aliphatic heterocycles. The number of carbonyl (C=O) groups excluding carboxylic acids is 1. The van der Waals surface area contributed by atoms with E-state index in [4.69, 9.17) is 9.47 Å². The number of rotatable bonds is 6. The van der Waals surface area contributed by atoms with Gasteiger partial charge in [0.2, 0.25) is 5.91 Å². The van der Waals surface area contributed by atoms with Gasteiger partial charge in [-0.25, -0.2) is 0 Å². The van der Waals surface area contributed by atoms with Gasteiger partial charge >= 0.3 is 0 Å². The molecule has 9 heteroatoms. The number of para-hydroxylation sites is 1. The van der Waals surface area contributed by atoms with E-state index in [9.17, 15) is 14.9 Å². The SMILES string of the molecule is C[C@@H]1CN(C(=O)[C@@H]2Cc3cc([N+](=O)[O-])ccc3N3CCN(CCOc4ccccc4)C[C@@H]23)C[C@H](C)O1. The average Bonchev–Trinajstić information content (AvgIpc) is 2.87. The summed E-state index contributed by atoms with van der Waals surface area (Å²) < 4.78 is 11.8. The number of nitro benzene ring substituents is 1. The summed E-state index contributed by atoms with van der Waals surface area (Å²) in [6.45, 7) is 8.85. The van der Waals surface area contributed by atoms with Gasteiger partial charge in [0.15, 0.2) is 0 Å². The highest BCUT2D eigenvalue weighted by Crippen LogP contribution is 2.38. The molecule has 3 heterocycles. The Balaban J connectivity index is 1.35. The molecule has 0 aromatic heterocycles. The normalized spacial score (nSPS) is 26.2. The Labute approximate surface area is 211 Å². The largest absolute Gasteiger partial charge is 0.492 e. The summed E-state index contributed by atoms with van der Waals surface area (Å²) in [6.07, 6.45) is 0.485. The van der Waals surface area contributed by atoms with Crippen LogP contribution in [0.3, 0.4) is 0 Å². The zero-order chi connectivity index (χ0) is 25.2. The van der Waals surface area contributed by atoms with Gasteiger partial charge in [-0.3, -0.25) is 19.8 Å². The van der Waals surface area contributed by atoms with Gasteiger partial charge in [0.05, 0.1) is 29.1 Å². The second-order valence-electron chi connectivity index (χ2n) is 10.1. The number of morpholine rings is 1. The number of fused-ring (bicyclic) bond motifs is 3. The molecule has 0 N–H and O–H groups in total. The molecule has 5 rings (SSSR count). The highest BCUT2D eigenvalue weighted by molar-refractivity contribution is 5.82. The summed E-state index contributed by atoms with van der Waals surface area (Å²) in [6, 6.07) is 14.9. The fourth-order valence-corrected chi connectivity index (χ4v) is 5.87. The Bertz CT molecular complexity index is 1090. The quantitative estimate of drug-likeness (QED) is 0.451. The van der Waals surface area contributed by atoms with E-state index in [0.29, 0.717) is 26.1 Å². The molecular formula is C27H34N4O5. The van der Waals surface area contributed by atoms with Crippen molar-refractivity contribution in [2.24, 2.45) is 5.92 Å². The summed E-state index contributed by atoms with van der Waals surface area (Å²) in [7, 11) is 0. The van der Waals surface area contributed by atoms with Gasteiger partial charge in [0.1, 0.15) is 12.4 Å². The molecule has 1 amide bonds. The molecule has 3 aliphatic rings. The molecule has 0 bridgehead atoms. The molecule has 0 unspecified atom stereocenters. The summed E-state index contributed by atoms with van der Waals surface area (Å²) in [5, 5.41) is 11.4. The molecule has 0 saturated carbocycles. The van der Waals surface area contributed by atoms with Crippen molar-refractivity contribution >= 4 is 17.3 Å². The van der Waals surface area contributed by atoms with Crippen molar-refractivity contribution in [2.45, 2.75) is 38.5 Å². The first-order chi connectivity index (χ1) is 17.4. The van der Waals surface area contributed by atoms with Crippen LogP contribution in [-0.2, 0) is 16.0 Å². The van der Waals surface area contributed by atoms with Gasteiger partial charge in [-0.1, -0.05) is 18.2 Å². The third-order valence-corrected chi connectivity index (χ3v) is 7.46. The molecule has 4 atom stereocenters. The van der Waals surface area contributed by atoms with Gasteiger partial charge < -0.3 is 19.3 Å². The van der Waals surface area contributed by atoms with E-state index in [-0.39, 0.29) is 40.7 Å². The maximum Gasteiger partial charge on any atom is 0.269 e. The number of non-ortho nitro benzene ring substituents is 1. The molecule has 2 aromatic rings. The average molecular weight is 495 g/mol.